The number of hydrogen-bond acceptors (Lipinski definition) is 7. The lowest BCUT2D eigenvalue weighted by molar-refractivity contribution is -0.129. The van der Waals surface area contributed by atoms with Crippen molar-refractivity contribution < 1.29 is 18.6 Å². The van der Waals surface area contributed by atoms with Gasteiger partial charge in [-0.25, -0.2) is 18.5 Å². The number of amides is 2. The van der Waals surface area contributed by atoms with E-state index in [9.17, 15) is 14.0 Å². The van der Waals surface area contributed by atoms with Gasteiger partial charge in [0, 0.05) is 6.54 Å². The number of nitrogens with one attached hydrogen (secondary N) is 2. The van der Waals surface area contributed by atoms with E-state index in [1.54, 1.807) is 29.9 Å². The Morgan fingerprint density at radius 3 is 2.83 bits per heavy atom. The number of rotatable bonds is 7. The number of nitrogens with zero attached hydrogens (tertiary/aromatic N) is 5. The Labute approximate surface area is 164 Å². The lowest BCUT2D eigenvalue weighted by Gasteiger charge is -2.27. The molecule has 3 heterocycles. The van der Waals surface area contributed by atoms with Crippen LogP contribution in [0.15, 0.2) is 23.1 Å². The topological polar surface area (TPSA) is 127 Å². The molecule has 152 valence electrons. The summed E-state index contributed by atoms with van der Waals surface area (Å²) < 4.78 is 20.1. The maximum absolute atomic E-state index is 14.0. The molecule has 0 bridgehead atoms. The minimum atomic E-state index is -1.45. The smallest absolute Gasteiger partial charge is 0.275 e. The van der Waals surface area contributed by atoms with Gasteiger partial charge in [-0.05, 0) is 42.5 Å². The molecule has 0 aromatic carbocycles. The van der Waals surface area contributed by atoms with Crippen LogP contribution in [-0.2, 0) is 17.9 Å². The second-order valence-electron chi connectivity index (χ2n) is 7.09. The van der Waals surface area contributed by atoms with E-state index in [0.29, 0.717) is 22.6 Å². The first-order valence-corrected chi connectivity index (χ1v) is 9.33. The molecule has 3 aromatic rings. The Morgan fingerprint density at radius 1 is 1.31 bits per heavy atom. The van der Waals surface area contributed by atoms with Crippen molar-refractivity contribution in [1.29, 1.82) is 0 Å². The molecule has 1 atom stereocenters. The molecule has 0 radical (unpaired) electrons. The molecule has 2 N–H and O–H groups in total. The molecule has 4 rings (SSSR count). The molecule has 1 aliphatic rings. The van der Waals surface area contributed by atoms with Crippen LogP contribution in [0.1, 0.15) is 46.7 Å². The minimum Gasteiger partial charge on any atom is -0.349 e. The Kier molecular flexibility index (Phi) is 5.19. The summed E-state index contributed by atoms with van der Waals surface area (Å²) in [6, 6.07) is 1.75. The zero-order valence-electron chi connectivity index (χ0n) is 15.8. The van der Waals surface area contributed by atoms with Gasteiger partial charge >= 0.3 is 0 Å². The first-order valence-electron chi connectivity index (χ1n) is 9.33. The molecular weight excluding hydrogens is 381 g/mol. The van der Waals surface area contributed by atoms with Gasteiger partial charge in [0.2, 0.25) is 0 Å². The quantitative estimate of drug-likeness (QED) is 0.607. The van der Waals surface area contributed by atoms with E-state index in [1.807, 2.05) is 0 Å². The van der Waals surface area contributed by atoms with Gasteiger partial charge in [0.25, 0.3) is 11.8 Å². The second kappa shape index (κ2) is 7.94. The zero-order valence-corrected chi connectivity index (χ0v) is 15.8. The number of aromatic nitrogens is 5. The van der Waals surface area contributed by atoms with Gasteiger partial charge in [0.05, 0.1) is 24.6 Å². The SMILES string of the molecule is Cc1nonc1C(=O)NCc1cn2ncc(CNC(=O)[C@@H](F)C3CCC3)cc2n1. The Balaban J connectivity index is 1.35. The third-order valence-corrected chi connectivity index (χ3v) is 5.01. The highest BCUT2D eigenvalue weighted by Gasteiger charge is 2.32. The number of carbonyl (C=O) groups excluding carboxylic acids is 2. The minimum absolute atomic E-state index is 0.123. The summed E-state index contributed by atoms with van der Waals surface area (Å²) in [5.41, 5.74) is 2.37. The average molecular weight is 401 g/mol. The Hall–Kier alpha value is -3.37. The molecule has 1 fully saturated rings. The lowest BCUT2D eigenvalue weighted by atomic mass is 9.81. The highest BCUT2D eigenvalue weighted by molar-refractivity contribution is 5.92. The third kappa shape index (κ3) is 4.08. The monoisotopic (exact) mass is 401 g/mol. The Bertz CT molecular complexity index is 1040. The summed E-state index contributed by atoms with van der Waals surface area (Å²) in [7, 11) is 0. The van der Waals surface area contributed by atoms with E-state index in [-0.39, 0.29) is 24.7 Å². The van der Waals surface area contributed by atoms with E-state index >= 15 is 0 Å². The van der Waals surface area contributed by atoms with Crippen molar-refractivity contribution >= 4 is 17.5 Å². The molecule has 2 amide bonds. The van der Waals surface area contributed by atoms with Gasteiger partial charge in [0.15, 0.2) is 17.5 Å². The lowest BCUT2D eigenvalue weighted by Crippen LogP contribution is -2.38. The molecular formula is C18H20FN7O3. The van der Waals surface area contributed by atoms with Crippen molar-refractivity contribution in [3.8, 4) is 0 Å². The van der Waals surface area contributed by atoms with Gasteiger partial charge in [-0.2, -0.15) is 5.10 Å². The van der Waals surface area contributed by atoms with Gasteiger partial charge in [-0.15, -0.1) is 0 Å². The standard InChI is InChI=1S/C18H20FN7O3/c1-10-16(25-29-24-10)18(28)21-8-13-9-26-14(23-13)5-11(7-22-26)6-20-17(27)15(19)12-3-2-4-12/h5,7,9,12,15H,2-4,6,8H2,1H3,(H,20,27)(H,21,28)/t15-/m0/s1. The van der Waals surface area contributed by atoms with Crippen LogP contribution in [0.4, 0.5) is 4.39 Å². The predicted octanol–water partition coefficient (Wildman–Crippen LogP) is 1.11. The van der Waals surface area contributed by atoms with E-state index in [1.165, 1.54) is 0 Å². The van der Waals surface area contributed by atoms with Crippen molar-refractivity contribution in [2.75, 3.05) is 0 Å². The molecule has 0 saturated heterocycles. The Morgan fingerprint density at radius 2 is 2.14 bits per heavy atom. The predicted molar refractivity (Wildman–Crippen MR) is 97.3 cm³/mol. The van der Waals surface area contributed by atoms with Crippen molar-refractivity contribution in [2.24, 2.45) is 5.92 Å². The summed E-state index contributed by atoms with van der Waals surface area (Å²) in [6.45, 7) is 1.97. The van der Waals surface area contributed by atoms with Crippen LogP contribution in [0.25, 0.3) is 5.65 Å². The molecule has 1 aliphatic carbocycles. The van der Waals surface area contributed by atoms with Gasteiger partial charge in [-0.3, -0.25) is 9.59 Å². The average Bonchev–Trinajstić information content (AvgIpc) is 3.27. The summed E-state index contributed by atoms with van der Waals surface area (Å²) in [5, 5.41) is 16.7. The molecule has 0 unspecified atom stereocenters. The van der Waals surface area contributed by atoms with Crippen LogP contribution in [0.5, 0.6) is 0 Å². The van der Waals surface area contributed by atoms with Crippen LogP contribution in [0.3, 0.4) is 0 Å². The molecule has 1 saturated carbocycles. The van der Waals surface area contributed by atoms with E-state index < -0.39 is 18.0 Å². The maximum Gasteiger partial charge on any atom is 0.275 e. The number of fused-ring (bicyclic) bond motifs is 1. The fourth-order valence-electron chi connectivity index (χ4n) is 3.07. The summed E-state index contributed by atoms with van der Waals surface area (Å²) >= 11 is 0. The van der Waals surface area contributed by atoms with Crippen molar-refractivity contribution in [3.05, 3.63) is 41.1 Å². The summed E-state index contributed by atoms with van der Waals surface area (Å²) in [5.74, 6) is -1.15. The normalized spacial score (nSPS) is 15.1. The van der Waals surface area contributed by atoms with Crippen molar-refractivity contribution in [2.45, 2.75) is 45.4 Å². The number of imidazole rings is 1. The van der Waals surface area contributed by atoms with E-state index in [4.69, 9.17) is 0 Å². The first kappa shape index (κ1) is 19.0. The maximum atomic E-state index is 14.0. The molecule has 11 heteroatoms. The first-order chi connectivity index (χ1) is 14.0. The molecule has 0 spiro atoms. The molecule has 3 aromatic heterocycles. The van der Waals surface area contributed by atoms with Crippen molar-refractivity contribution in [1.82, 2.24) is 35.5 Å². The summed E-state index contributed by atoms with van der Waals surface area (Å²) in [4.78, 5) is 28.4. The van der Waals surface area contributed by atoms with Crippen LogP contribution in [-0.4, -0.2) is 42.9 Å². The fourth-order valence-corrected chi connectivity index (χ4v) is 3.07. The molecule has 0 aliphatic heterocycles. The van der Waals surface area contributed by atoms with Crippen LogP contribution < -0.4 is 10.6 Å². The van der Waals surface area contributed by atoms with E-state index in [0.717, 1.165) is 19.3 Å². The number of alkyl halides is 1. The number of carbonyl (C=O) groups is 2. The van der Waals surface area contributed by atoms with Crippen LogP contribution in [0.2, 0.25) is 0 Å². The summed E-state index contributed by atoms with van der Waals surface area (Å²) in [6.07, 6.45) is 4.32. The van der Waals surface area contributed by atoms with Gasteiger partial charge in [0.1, 0.15) is 5.69 Å². The second-order valence-corrected chi connectivity index (χ2v) is 7.09. The molecule has 10 nitrogen and oxygen atoms in total. The largest absolute Gasteiger partial charge is 0.349 e. The molecule has 29 heavy (non-hydrogen) atoms. The number of halogens is 1. The third-order valence-electron chi connectivity index (χ3n) is 5.01. The highest BCUT2D eigenvalue weighted by atomic mass is 19.1. The van der Waals surface area contributed by atoms with Gasteiger partial charge < -0.3 is 10.6 Å². The van der Waals surface area contributed by atoms with Gasteiger partial charge in [-0.1, -0.05) is 11.6 Å². The fraction of sp³-hybridized carbons (Fsp3) is 0.444. The van der Waals surface area contributed by atoms with E-state index in [2.05, 4.69) is 35.7 Å². The van der Waals surface area contributed by atoms with Crippen molar-refractivity contribution in [3.63, 3.8) is 0 Å². The highest BCUT2D eigenvalue weighted by Crippen LogP contribution is 2.31. The number of hydrogen-bond donors (Lipinski definition) is 2. The van der Waals surface area contributed by atoms with Crippen LogP contribution >= 0.6 is 0 Å². The number of aryl methyl sites for hydroxylation is 1. The van der Waals surface area contributed by atoms with Crippen LogP contribution in [0, 0.1) is 12.8 Å². The zero-order chi connectivity index (χ0) is 20.4.